The van der Waals surface area contributed by atoms with E-state index in [2.05, 4.69) is 16.9 Å². The van der Waals surface area contributed by atoms with Crippen molar-refractivity contribution in [3.8, 4) is 0 Å². The third-order valence-corrected chi connectivity index (χ3v) is 9.80. The van der Waals surface area contributed by atoms with E-state index in [9.17, 15) is 19.8 Å². The molecule has 172 valence electrons. The molecule has 4 unspecified atom stereocenters. The second-order valence-electron chi connectivity index (χ2n) is 11.0. The Hall–Kier alpha value is -1.63. The molecule has 0 aromatic rings. The summed E-state index contributed by atoms with van der Waals surface area (Å²) in [5.74, 6) is -0.0392. The highest BCUT2D eigenvalue weighted by atomic mass is 16.5. The van der Waals surface area contributed by atoms with Gasteiger partial charge in [-0.2, -0.15) is 0 Å². The summed E-state index contributed by atoms with van der Waals surface area (Å²) in [5, 5.41) is 26.9. The number of aliphatic hydroxyl groups excluding tert-OH is 1. The Morgan fingerprint density at radius 2 is 1.94 bits per heavy atom. The van der Waals surface area contributed by atoms with Crippen molar-refractivity contribution in [3.63, 3.8) is 0 Å². The van der Waals surface area contributed by atoms with Gasteiger partial charge in [0.05, 0.1) is 6.10 Å². The third kappa shape index (κ3) is 3.30. The lowest BCUT2D eigenvalue weighted by molar-refractivity contribution is -0.200. The molecule has 9 atom stereocenters. The Bertz CT molecular complexity index is 813. The van der Waals surface area contributed by atoms with Crippen molar-refractivity contribution < 1.29 is 24.5 Å². The topological polar surface area (TPSA) is 133 Å². The highest BCUT2D eigenvalue weighted by molar-refractivity contribution is 5.90. The van der Waals surface area contributed by atoms with E-state index in [4.69, 9.17) is 10.3 Å². The number of Topliss-reactive ketones (excluding diaryl/α,β-unsaturated/α-hetero) is 1. The van der Waals surface area contributed by atoms with Crippen LogP contribution in [0.2, 0.25) is 0 Å². The Labute approximate surface area is 183 Å². The lowest BCUT2D eigenvalue weighted by atomic mass is 9.43. The van der Waals surface area contributed by atoms with Crippen LogP contribution in [-0.4, -0.2) is 46.3 Å². The van der Waals surface area contributed by atoms with Crippen LogP contribution in [0.15, 0.2) is 5.11 Å². The number of rotatable bonds is 4. The molecule has 8 heteroatoms. The molecular formula is C23H35N3O5. The van der Waals surface area contributed by atoms with Crippen LogP contribution in [0.3, 0.4) is 0 Å². The Balaban J connectivity index is 1.60. The largest absolute Gasteiger partial charge is 0.458 e. The fourth-order valence-electron chi connectivity index (χ4n) is 8.29. The molecule has 0 heterocycles. The summed E-state index contributed by atoms with van der Waals surface area (Å²) >= 11 is 0. The molecule has 4 saturated carbocycles. The summed E-state index contributed by atoms with van der Waals surface area (Å²) in [5.41, 5.74) is 6.52. The first-order chi connectivity index (χ1) is 14.6. The fraction of sp³-hybridized carbons (Fsp3) is 0.913. The van der Waals surface area contributed by atoms with Crippen LogP contribution in [0, 0.1) is 34.5 Å². The number of nitrogens with zero attached hydrogens (tertiary/aromatic N) is 3. The van der Waals surface area contributed by atoms with Gasteiger partial charge in [0, 0.05) is 23.3 Å². The normalized spacial score (nSPS) is 48.5. The molecule has 0 amide bonds. The highest BCUT2D eigenvalue weighted by Gasteiger charge is 2.68. The maximum absolute atomic E-state index is 12.9. The van der Waals surface area contributed by atoms with Gasteiger partial charge < -0.3 is 14.9 Å². The lowest BCUT2D eigenvalue weighted by Gasteiger charge is -2.62. The van der Waals surface area contributed by atoms with Crippen LogP contribution in [-0.2, 0) is 14.3 Å². The Morgan fingerprint density at radius 1 is 1.19 bits per heavy atom. The fourth-order valence-corrected chi connectivity index (χ4v) is 8.29. The summed E-state index contributed by atoms with van der Waals surface area (Å²) in [6, 6.07) is 0.0427. The molecule has 0 aliphatic heterocycles. The molecule has 8 nitrogen and oxygen atoms in total. The first kappa shape index (κ1) is 22.6. The molecule has 4 aliphatic carbocycles. The number of fused-ring (bicyclic) bond motifs is 5. The molecule has 0 aromatic carbocycles. The SMILES string of the molecule is CC(=O)OCC(=O)[C@@]1(O)CCC2C3CCC4C[C@@H](N=[N+]=[N-])CC[C@]4(C)C3[C@@H](O)C[C@@]21C. The van der Waals surface area contributed by atoms with E-state index in [-0.39, 0.29) is 29.2 Å². The van der Waals surface area contributed by atoms with Crippen LogP contribution >= 0.6 is 0 Å². The van der Waals surface area contributed by atoms with Gasteiger partial charge in [-0.3, -0.25) is 9.59 Å². The zero-order valence-electron chi connectivity index (χ0n) is 18.8. The van der Waals surface area contributed by atoms with Gasteiger partial charge in [-0.15, -0.1) is 0 Å². The van der Waals surface area contributed by atoms with Gasteiger partial charge in [0.1, 0.15) is 5.60 Å². The Kier molecular flexibility index (Phi) is 5.64. The van der Waals surface area contributed by atoms with Crippen molar-refractivity contribution >= 4 is 11.8 Å². The number of carbonyl (C=O) groups is 2. The minimum Gasteiger partial charge on any atom is -0.458 e. The van der Waals surface area contributed by atoms with E-state index in [1.807, 2.05) is 6.92 Å². The quantitative estimate of drug-likeness (QED) is 0.303. The lowest BCUT2D eigenvalue weighted by Crippen LogP contribution is -2.63. The van der Waals surface area contributed by atoms with Crippen LogP contribution in [0.25, 0.3) is 10.4 Å². The van der Waals surface area contributed by atoms with Crippen molar-refractivity contribution in [1.29, 1.82) is 0 Å². The molecule has 0 bridgehead atoms. The first-order valence-corrected chi connectivity index (χ1v) is 11.7. The molecule has 2 N–H and O–H groups in total. The summed E-state index contributed by atoms with van der Waals surface area (Å²) in [6.45, 7) is 5.07. The number of aliphatic hydroxyl groups is 2. The standard InChI is InChI=1S/C23H35N3O5/c1-13(27)31-12-19(29)23(30)9-7-17-16-5-4-14-10-15(25-26-24)6-8-21(14,2)20(16)18(28)11-22(17,23)3/h14-18,20,28,30H,4-12H2,1-3H3/t14?,15-,16?,17?,18-,20?,21-,22-,23-/m0/s1. The predicted molar refractivity (Wildman–Crippen MR) is 113 cm³/mol. The van der Waals surface area contributed by atoms with Crippen molar-refractivity contribution in [1.82, 2.24) is 0 Å². The van der Waals surface area contributed by atoms with Crippen molar-refractivity contribution in [2.45, 2.75) is 89.9 Å². The van der Waals surface area contributed by atoms with E-state index in [0.29, 0.717) is 18.8 Å². The number of ether oxygens (including phenoxy) is 1. The van der Waals surface area contributed by atoms with Crippen LogP contribution < -0.4 is 0 Å². The van der Waals surface area contributed by atoms with Gasteiger partial charge in [-0.1, -0.05) is 19.0 Å². The predicted octanol–water partition coefficient (Wildman–Crippen LogP) is 3.54. The van der Waals surface area contributed by atoms with E-state index < -0.39 is 35.5 Å². The number of carbonyl (C=O) groups excluding carboxylic acids is 2. The number of hydrogen-bond donors (Lipinski definition) is 2. The number of ketones is 1. The molecular weight excluding hydrogens is 398 g/mol. The van der Waals surface area contributed by atoms with E-state index in [1.54, 1.807) is 0 Å². The van der Waals surface area contributed by atoms with Gasteiger partial charge >= 0.3 is 5.97 Å². The molecule has 0 saturated heterocycles. The van der Waals surface area contributed by atoms with Crippen LogP contribution in [0.1, 0.15) is 72.1 Å². The molecule has 0 aromatic heterocycles. The van der Waals surface area contributed by atoms with Crippen LogP contribution in [0.5, 0.6) is 0 Å². The number of azide groups is 1. The highest BCUT2D eigenvalue weighted by Crippen LogP contribution is 2.68. The monoisotopic (exact) mass is 433 g/mol. The molecule has 0 spiro atoms. The summed E-state index contributed by atoms with van der Waals surface area (Å²) in [4.78, 5) is 27.1. The van der Waals surface area contributed by atoms with E-state index in [0.717, 1.165) is 38.5 Å². The zero-order chi connectivity index (χ0) is 22.6. The second kappa shape index (κ2) is 7.75. The van der Waals surface area contributed by atoms with Gasteiger partial charge in [-0.25, -0.2) is 0 Å². The van der Waals surface area contributed by atoms with E-state index in [1.165, 1.54) is 6.92 Å². The molecule has 4 rings (SSSR count). The Morgan fingerprint density at radius 3 is 2.61 bits per heavy atom. The smallest absolute Gasteiger partial charge is 0.303 e. The summed E-state index contributed by atoms with van der Waals surface area (Å²) < 4.78 is 4.91. The maximum Gasteiger partial charge on any atom is 0.303 e. The van der Waals surface area contributed by atoms with Gasteiger partial charge in [-0.05, 0) is 86.0 Å². The first-order valence-electron chi connectivity index (χ1n) is 11.7. The number of esters is 1. The number of hydrogen-bond acceptors (Lipinski definition) is 6. The van der Waals surface area contributed by atoms with E-state index >= 15 is 0 Å². The van der Waals surface area contributed by atoms with Crippen molar-refractivity contribution in [2.75, 3.05) is 6.61 Å². The molecule has 4 aliphatic rings. The van der Waals surface area contributed by atoms with Crippen molar-refractivity contribution in [2.24, 2.45) is 39.6 Å². The average molecular weight is 434 g/mol. The summed E-state index contributed by atoms with van der Waals surface area (Å²) in [7, 11) is 0. The van der Waals surface area contributed by atoms with Crippen molar-refractivity contribution in [3.05, 3.63) is 10.4 Å². The minimum absolute atomic E-state index is 0.0202. The minimum atomic E-state index is -1.57. The van der Waals surface area contributed by atoms with Gasteiger partial charge in [0.2, 0.25) is 5.78 Å². The average Bonchev–Trinajstić information content (AvgIpc) is 2.98. The molecule has 31 heavy (non-hydrogen) atoms. The molecule has 4 fully saturated rings. The summed E-state index contributed by atoms with van der Waals surface area (Å²) in [6.07, 6.45) is 5.51. The van der Waals surface area contributed by atoms with Gasteiger partial charge in [0.15, 0.2) is 6.61 Å². The van der Waals surface area contributed by atoms with Gasteiger partial charge in [0.25, 0.3) is 0 Å². The van der Waals surface area contributed by atoms with Crippen LogP contribution in [0.4, 0.5) is 0 Å². The second-order valence-corrected chi connectivity index (χ2v) is 11.0. The third-order valence-electron chi connectivity index (χ3n) is 9.80. The zero-order valence-corrected chi connectivity index (χ0v) is 18.8. The maximum atomic E-state index is 12.9. The molecule has 0 radical (unpaired) electrons.